The largest absolute Gasteiger partial charge is 0.493 e. The average molecular weight is 307 g/mol. The number of ether oxygens (including phenoxy) is 1. The summed E-state index contributed by atoms with van der Waals surface area (Å²) in [4.78, 5) is 0.0165. The molecule has 21 heavy (non-hydrogen) atoms. The fourth-order valence-electron chi connectivity index (χ4n) is 1.69. The molecule has 0 fully saturated rings. The Morgan fingerprint density at radius 3 is 2.43 bits per heavy atom. The van der Waals surface area contributed by atoms with Crippen molar-refractivity contribution in [2.45, 2.75) is 4.90 Å². The van der Waals surface area contributed by atoms with E-state index in [1.807, 2.05) is 0 Å². The van der Waals surface area contributed by atoms with Gasteiger partial charge in [0.05, 0.1) is 13.3 Å². The first-order chi connectivity index (χ1) is 10.1. The van der Waals surface area contributed by atoms with Gasteiger partial charge in [0.1, 0.15) is 4.90 Å². The zero-order valence-electron chi connectivity index (χ0n) is 11.1. The van der Waals surface area contributed by atoms with Gasteiger partial charge in [0.15, 0.2) is 11.5 Å². The van der Waals surface area contributed by atoms with E-state index in [9.17, 15) is 8.42 Å². The molecule has 0 amide bonds. The van der Waals surface area contributed by atoms with Crippen LogP contribution >= 0.6 is 0 Å². The maximum absolute atomic E-state index is 12.2. The van der Waals surface area contributed by atoms with Crippen molar-refractivity contribution in [3.8, 4) is 11.5 Å². The Morgan fingerprint density at radius 2 is 1.81 bits per heavy atom. The average Bonchev–Trinajstić information content (AvgIpc) is 2.50. The molecular weight excluding hydrogens is 294 g/mol. The number of oxime groups is 1. The van der Waals surface area contributed by atoms with Crippen molar-refractivity contribution >= 4 is 16.3 Å². The van der Waals surface area contributed by atoms with Gasteiger partial charge in [-0.15, -0.1) is 0 Å². The van der Waals surface area contributed by atoms with E-state index in [-0.39, 0.29) is 22.0 Å². The molecule has 0 aromatic heterocycles. The van der Waals surface area contributed by atoms with Crippen LogP contribution < -0.4 is 8.92 Å². The number of hydrogen-bond acceptors (Lipinski definition) is 6. The first-order valence-electron chi connectivity index (χ1n) is 5.92. The van der Waals surface area contributed by atoms with Crippen LogP contribution in [0.1, 0.15) is 5.56 Å². The standard InChI is InChI=1S/C14H13NO5S/c1-19-13-9-5-6-11(10-15-16)14(13)20-21(17,18)12-7-3-2-4-8-12/h2-10,16H,1H3/b15-10+. The van der Waals surface area contributed by atoms with Gasteiger partial charge in [0.25, 0.3) is 0 Å². The summed E-state index contributed by atoms with van der Waals surface area (Å²) < 4.78 is 34.7. The molecule has 0 bridgehead atoms. The smallest absolute Gasteiger partial charge is 0.339 e. The van der Waals surface area contributed by atoms with Gasteiger partial charge in [-0.05, 0) is 24.3 Å². The van der Waals surface area contributed by atoms with Gasteiger partial charge in [-0.1, -0.05) is 29.4 Å². The summed E-state index contributed by atoms with van der Waals surface area (Å²) in [5, 5.41) is 11.5. The van der Waals surface area contributed by atoms with Crippen LogP contribution in [0.15, 0.2) is 58.6 Å². The van der Waals surface area contributed by atoms with Crippen LogP contribution in [0.4, 0.5) is 0 Å². The van der Waals surface area contributed by atoms with E-state index in [2.05, 4.69) is 5.16 Å². The maximum Gasteiger partial charge on any atom is 0.339 e. The maximum atomic E-state index is 12.2. The number of methoxy groups -OCH3 is 1. The first kappa shape index (κ1) is 14.9. The number of rotatable bonds is 5. The summed E-state index contributed by atoms with van der Waals surface area (Å²) in [5.41, 5.74) is 0.274. The third-order valence-corrected chi connectivity index (χ3v) is 3.89. The van der Waals surface area contributed by atoms with Crippen molar-refractivity contribution in [1.82, 2.24) is 0 Å². The molecule has 7 heteroatoms. The Morgan fingerprint density at radius 1 is 1.10 bits per heavy atom. The lowest BCUT2D eigenvalue weighted by Gasteiger charge is -2.12. The Hall–Kier alpha value is -2.54. The molecule has 2 rings (SSSR count). The highest BCUT2D eigenvalue weighted by Gasteiger charge is 2.20. The van der Waals surface area contributed by atoms with E-state index < -0.39 is 10.1 Å². The van der Waals surface area contributed by atoms with Crippen molar-refractivity contribution in [2.75, 3.05) is 7.11 Å². The molecule has 0 spiro atoms. The molecule has 0 unspecified atom stereocenters. The number of hydrogen-bond donors (Lipinski definition) is 1. The number of nitrogens with zero attached hydrogens (tertiary/aromatic N) is 1. The Labute approximate surface area is 122 Å². The molecule has 2 aromatic rings. The molecule has 2 aromatic carbocycles. The normalized spacial score (nSPS) is 11.5. The summed E-state index contributed by atoms with van der Waals surface area (Å²) in [6, 6.07) is 12.4. The summed E-state index contributed by atoms with van der Waals surface area (Å²) in [7, 11) is -2.62. The SMILES string of the molecule is COc1cccc(/C=N/O)c1OS(=O)(=O)c1ccccc1. The van der Waals surface area contributed by atoms with E-state index >= 15 is 0 Å². The number of para-hydroxylation sites is 1. The van der Waals surface area contributed by atoms with E-state index in [1.54, 1.807) is 30.3 Å². The molecule has 1 N–H and O–H groups in total. The second-order valence-corrected chi connectivity index (χ2v) is 5.52. The zero-order chi connectivity index (χ0) is 15.3. The summed E-state index contributed by atoms with van der Waals surface area (Å²) >= 11 is 0. The second kappa shape index (κ2) is 6.27. The van der Waals surface area contributed by atoms with Crippen LogP contribution in [0, 0.1) is 0 Å². The summed E-state index contributed by atoms with van der Waals surface area (Å²) in [5.74, 6) is 0.175. The summed E-state index contributed by atoms with van der Waals surface area (Å²) in [6.45, 7) is 0. The fraction of sp³-hybridized carbons (Fsp3) is 0.0714. The summed E-state index contributed by atoms with van der Waals surface area (Å²) in [6.07, 6.45) is 1.07. The molecule has 0 saturated heterocycles. The van der Waals surface area contributed by atoms with Crippen molar-refractivity contribution in [1.29, 1.82) is 0 Å². The second-order valence-electron chi connectivity index (χ2n) is 3.97. The van der Waals surface area contributed by atoms with E-state index in [0.29, 0.717) is 0 Å². The highest BCUT2D eigenvalue weighted by atomic mass is 32.2. The highest BCUT2D eigenvalue weighted by molar-refractivity contribution is 7.87. The van der Waals surface area contributed by atoms with Gasteiger partial charge in [0, 0.05) is 5.56 Å². The van der Waals surface area contributed by atoms with Crippen LogP contribution in [0.25, 0.3) is 0 Å². The fourth-order valence-corrected chi connectivity index (χ4v) is 2.68. The predicted molar refractivity (Wildman–Crippen MR) is 76.6 cm³/mol. The number of benzene rings is 2. The molecule has 0 atom stereocenters. The molecule has 0 saturated carbocycles. The van der Waals surface area contributed by atoms with Crippen molar-refractivity contribution in [3.05, 3.63) is 54.1 Å². The lowest BCUT2D eigenvalue weighted by atomic mass is 10.2. The van der Waals surface area contributed by atoms with Gasteiger partial charge >= 0.3 is 10.1 Å². The van der Waals surface area contributed by atoms with Crippen molar-refractivity contribution in [3.63, 3.8) is 0 Å². The van der Waals surface area contributed by atoms with E-state index in [4.69, 9.17) is 14.1 Å². The zero-order valence-corrected chi connectivity index (χ0v) is 11.9. The van der Waals surface area contributed by atoms with Gasteiger partial charge in [0.2, 0.25) is 0 Å². The van der Waals surface area contributed by atoms with Crippen molar-refractivity contribution < 1.29 is 22.5 Å². The Bertz CT molecular complexity index is 741. The first-order valence-corrected chi connectivity index (χ1v) is 7.33. The monoisotopic (exact) mass is 307 g/mol. The van der Waals surface area contributed by atoms with Crippen LogP contribution in [0.5, 0.6) is 11.5 Å². The lowest BCUT2D eigenvalue weighted by molar-refractivity contribution is 0.321. The Balaban J connectivity index is 2.48. The molecule has 0 aliphatic carbocycles. The van der Waals surface area contributed by atoms with E-state index in [0.717, 1.165) is 6.21 Å². The Kier molecular flexibility index (Phi) is 4.44. The minimum Gasteiger partial charge on any atom is -0.493 e. The predicted octanol–water partition coefficient (Wildman–Crippen LogP) is 2.27. The molecule has 0 heterocycles. The minimum absolute atomic E-state index is 0.0165. The van der Waals surface area contributed by atoms with Gasteiger partial charge in [-0.3, -0.25) is 0 Å². The molecule has 0 aliphatic rings. The molecule has 0 aliphatic heterocycles. The van der Waals surface area contributed by atoms with E-state index in [1.165, 1.54) is 25.3 Å². The van der Waals surface area contributed by atoms with Crippen LogP contribution in [-0.4, -0.2) is 26.9 Å². The van der Waals surface area contributed by atoms with Gasteiger partial charge < -0.3 is 14.1 Å². The molecule has 6 nitrogen and oxygen atoms in total. The third kappa shape index (κ3) is 3.32. The minimum atomic E-state index is -4.01. The molecule has 110 valence electrons. The van der Waals surface area contributed by atoms with Crippen LogP contribution in [0.3, 0.4) is 0 Å². The van der Waals surface area contributed by atoms with Crippen molar-refractivity contribution in [2.24, 2.45) is 5.16 Å². The lowest BCUT2D eigenvalue weighted by Crippen LogP contribution is -2.11. The van der Waals surface area contributed by atoms with Gasteiger partial charge in [-0.2, -0.15) is 8.42 Å². The van der Waals surface area contributed by atoms with Gasteiger partial charge in [-0.25, -0.2) is 0 Å². The molecular formula is C14H13NO5S. The van der Waals surface area contributed by atoms with Crippen LogP contribution in [-0.2, 0) is 10.1 Å². The van der Waals surface area contributed by atoms with Crippen LogP contribution in [0.2, 0.25) is 0 Å². The highest BCUT2D eigenvalue weighted by Crippen LogP contribution is 2.32. The quantitative estimate of drug-likeness (QED) is 0.396. The molecule has 0 radical (unpaired) electrons. The topological polar surface area (TPSA) is 85.2 Å². The third-order valence-electron chi connectivity index (χ3n) is 2.65.